The molecule has 1 aromatic carbocycles. The number of nitrogens with two attached hydrogens (primary N) is 1. The minimum absolute atomic E-state index is 0. The summed E-state index contributed by atoms with van der Waals surface area (Å²) in [7, 11) is 0. The Morgan fingerprint density at radius 3 is 1.89 bits per heavy atom. The van der Waals surface area contributed by atoms with Crippen molar-refractivity contribution in [3.63, 3.8) is 0 Å². The minimum atomic E-state index is 0. The molecule has 0 aliphatic carbocycles. The monoisotopic (exact) mass is 304 g/mol. The standard InChI is InChI=1S/C15H24N2.2ClH/c16-10-9-14-5-7-15(8-6-14)13-17-11-3-1-2-4-12-17;;/h5-8H,1-4,9-13,16H2;2*1H. The first-order valence-corrected chi connectivity index (χ1v) is 6.89. The second-order valence-electron chi connectivity index (χ2n) is 5.05. The van der Waals surface area contributed by atoms with Crippen LogP contribution in [0.25, 0.3) is 0 Å². The molecule has 1 saturated heterocycles. The van der Waals surface area contributed by atoms with Gasteiger partial charge in [0, 0.05) is 6.54 Å². The number of hydrogen-bond acceptors (Lipinski definition) is 2. The Morgan fingerprint density at radius 2 is 1.37 bits per heavy atom. The first-order chi connectivity index (χ1) is 8.38. The molecule has 2 nitrogen and oxygen atoms in total. The van der Waals surface area contributed by atoms with Crippen LogP contribution < -0.4 is 5.73 Å². The Balaban J connectivity index is 0.00000162. The second kappa shape index (κ2) is 10.5. The van der Waals surface area contributed by atoms with Gasteiger partial charge in [0.05, 0.1) is 0 Å². The molecule has 0 saturated carbocycles. The first-order valence-electron chi connectivity index (χ1n) is 6.89. The smallest absolute Gasteiger partial charge is 0.0233 e. The minimum Gasteiger partial charge on any atom is -0.330 e. The third kappa shape index (κ3) is 6.62. The zero-order chi connectivity index (χ0) is 11.9. The van der Waals surface area contributed by atoms with Crippen molar-refractivity contribution in [2.24, 2.45) is 5.73 Å². The van der Waals surface area contributed by atoms with Crippen molar-refractivity contribution in [2.75, 3.05) is 19.6 Å². The van der Waals surface area contributed by atoms with Crippen LogP contribution in [0.4, 0.5) is 0 Å². The number of halogens is 2. The molecule has 0 aromatic heterocycles. The Labute approximate surface area is 129 Å². The molecule has 2 rings (SSSR count). The highest BCUT2D eigenvalue weighted by molar-refractivity contribution is 5.85. The van der Waals surface area contributed by atoms with Gasteiger partial charge in [0.1, 0.15) is 0 Å². The number of benzene rings is 1. The number of nitrogens with zero attached hydrogens (tertiary/aromatic N) is 1. The molecule has 1 fully saturated rings. The largest absolute Gasteiger partial charge is 0.330 e. The highest BCUT2D eigenvalue weighted by Crippen LogP contribution is 2.13. The van der Waals surface area contributed by atoms with Gasteiger partial charge < -0.3 is 5.73 Å². The third-order valence-corrected chi connectivity index (χ3v) is 3.56. The summed E-state index contributed by atoms with van der Waals surface area (Å²) in [5.41, 5.74) is 8.35. The van der Waals surface area contributed by atoms with E-state index in [0.717, 1.165) is 19.5 Å². The first kappa shape index (κ1) is 18.7. The summed E-state index contributed by atoms with van der Waals surface area (Å²) >= 11 is 0. The molecule has 4 heteroatoms. The zero-order valence-corrected chi connectivity index (χ0v) is 13.1. The molecule has 1 aliphatic heterocycles. The van der Waals surface area contributed by atoms with Gasteiger partial charge in [-0.3, -0.25) is 4.90 Å². The number of rotatable bonds is 4. The summed E-state index contributed by atoms with van der Waals surface area (Å²) in [6.07, 6.45) is 6.54. The summed E-state index contributed by atoms with van der Waals surface area (Å²) in [4.78, 5) is 2.59. The molecule has 0 bridgehead atoms. The highest BCUT2D eigenvalue weighted by atomic mass is 35.5. The van der Waals surface area contributed by atoms with Gasteiger partial charge in [-0.1, -0.05) is 37.1 Å². The Bertz CT molecular complexity index is 319. The molecule has 1 aromatic rings. The van der Waals surface area contributed by atoms with Crippen LogP contribution in [0, 0.1) is 0 Å². The molecule has 110 valence electrons. The highest BCUT2D eigenvalue weighted by Gasteiger charge is 2.09. The quantitative estimate of drug-likeness (QED) is 0.923. The summed E-state index contributed by atoms with van der Waals surface area (Å²) in [5, 5.41) is 0. The van der Waals surface area contributed by atoms with Crippen molar-refractivity contribution in [1.82, 2.24) is 4.90 Å². The molecule has 19 heavy (non-hydrogen) atoms. The lowest BCUT2D eigenvalue weighted by Gasteiger charge is -2.19. The van der Waals surface area contributed by atoms with E-state index >= 15 is 0 Å². The summed E-state index contributed by atoms with van der Waals surface area (Å²) in [6, 6.07) is 8.96. The van der Waals surface area contributed by atoms with E-state index in [9.17, 15) is 0 Å². The van der Waals surface area contributed by atoms with Crippen molar-refractivity contribution in [2.45, 2.75) is 38.6 Å². The average molecular weight is 305 g/mol. The van der Waals surface area contributed by atoms with Crippen molar-refractivity contribution < 1.29 is 0 Å². The summed E-state index contributed by atoms with van der Waals surface area (Å²) < 4.78 is 0. The maximum absolute atomic E-state index is 5.56. The SMILES string of the molecule is Cl.Cl.NCCc1ccc(CN2CCCCCC2)cc1. The Morgan fingerprint density at radius 1 is 0.842 bits per heavy atom. The fraction of sp³-hybridized carbons (Fsp3) is 0.600. The molecular formula is C15H26Cl2N2. The van der Waals surface area contributed by atoms with Crippen LogP contribution in [0.5, 0.6) is 0 Å². The predicted molar refractivity (Wildman–Crippen MR) is 87.4 cm³/mol. The number of likely N-dealkylation sites (tertiary alicyclic amines) is 1. The maximum Gasteiger partial charge on any atom is 0.0233 e. The molecule has 0 spiro atoms. The van der Waals surface area contributed by atoms with Gasteiger partial charge in [-0.2, -0.15) is 0 Å². The van der Waals surface area contributed by atoms with Crippen LogP contribution in [0.15, 0.2) is 24.3 Å². The van der Waals surface area contributed by atoms with E-state index in [1.165, 1.54) is 49.9 Å². The predicted octanol–water partition coefficient (Wildman–Crippen LogP) is 3.41. The number of hydrogen-bond donors (Lipinski definition) is 1. The van der Waals surface area contributed by atoms with Crippen LogP contribution in [-0.4, -0.2) is 24.5 Å². The van der Waals surface area contributed by atoms with Gasteiger partial charge in [0.15, 0.2) is 0 Å². The molecule has 2 N–H and O–H groups in total. The van der Waals surface area contributed by atoms with Gasteiger partial charge in [0.2, 0.25) is 0 Å². The van der Waals surface area contributed by atoms with Gasteiger partial charge in [-0.15, -0.1) is 24.8 Å². The normalized spacial score (nSPS) is 16.1. The lowest BCUT2D eigenvalue weighted by molar-refractivity contribution is 0.277. The van der Waals surface area contributed by atoms with Crippen molar-refractivity contribution in [3.05, 3.63) is 35.4 Å². The van der Waals surface area contributed by atoms with E-state index in [4.69, 9.17) is 5.73 Å². The van der Waals surface area contributed by atoms with Crippen LogP contribution in [0.2, 0.25) is 0 Å². The van der Waals surface area contributed by atoms with E-state index in [1.807, 2.05) is 0 Å². The fourth-order valence-corrected chi connectivity index (χ4v) is 2.53. The molecule has 0 radical (unpaired) electrons. The third-order valence-electron chi connectivity index (χ3n) is 3.56. The molecule has 1 heterocycles. The van der Waals surface area contributed by atoms with E-state index in [2.05, 4.69) is 29.2 Å². The lowest BCUT2D eigenvalue weighted by Crippen LogP contribution is -2.23. The van der Waals surface area contributed by atoms with E-state index in [0.29, 0.717) is 0 Å². The van der Waals surface area contributed by atoms with Gasteiger partial charge >= 0.3 is 0 Å². The second-order valence-corrected chi connectivity index (χ2v) is 5.05. The van der Waals surface area contributed by atoms with Crippen LogP contribution >= 0.6 is 24.8 Å². The van der Waals surface area contributed by atoms with Crippen molar-refractivity contribution in [1.29, 1.82) is 0 Å². The Hall–Kier alpha value is -0.280. The summed E-state index contributed by atoms with van der Waals surface area (Å²) in [6.45, 7) is 4.39. The van der Waals surface area contributed by atoms with Crippen LogP contribution in [0.3, 0.4) is 0 Å². The molecular weight excluding hydrogens is 279 g/mol. The topological polar surface area (TPSA) is 29.3 Å². The zero-order valence-electron chi connectivity index (χ0n) is 11.5. The molecule has 0 amide bonds. The van der Waals surface area contributed by atoms with E-state index in [-0.39, 0.29) is 24.8 Å². The Kier molecular flexibility index (Phi) is 10.3. The molecule has 0 atom stereocenters. The van der Waals surface area contributed by atoms with Gasteiger partial charge in [0.25, 0.3) is 0 Å². The van der Waals surface area contributed by atoms with Crippen molar-refractivity contribution in [3.8, 4) is 0 Å². The fourth-order valence-electron chi connectivity index (χ4n) is 2.53. The van der Waals surface area contributed by atoms with Crippen LogP contribution in [0.1, 0.15) is 36.8 Å². The maximum atomic E-state index is 5.56. The average Bonchev–Trinajstić information content (AvgIpc) is 2.61. The molecule has 0 unspecified atom stereocenters. The lowest BCUT2D eigenvalue weighted by atomic mass is 10.1. The van der Waals surface area contributed by atoms with E-state index in [1.54, 1.807) is 0 Å². The van der Waals surface area contributed by atoms with E-state index < -0.39 is 0 Å². The van der Waals surface area contributed by atoms with Crippen molar-refractivity contribution >= 4 is 24.8 Å². The molecule has 1 aliphatic rings. The van der Waals surface area contributed by atoms with Gasteiger partial charge in [-0.25, -0.2) is 0 Å². The van der Waals surface area contributed by atoms with Crippen LogP contribution in [-0.2, 0) is 13.0 Å². The van der Waals surface area contributed by atoms with Gasteiger partial charge in [-0.05, 0) is 50.0 Å². The summed E-state index contributed by atoms with van der Waals surface area (Å²) in [5.74, 6) is 0.